The van der Waals surface area contributed by atoms with Crippen LogP contribution in [0.2, 0.25) is 36.3 Å². The van der Waals surface area contributed by atoms with Gasteiger partial charge in [-0.25, -0.2) is 4.79 Å². The number of nitroso groups, excluding NO2 is 1. The molecule has 0 N–H and O–H groups in total. The zero-order valence-corrected chi connectivity index (χ0v) is 27.1. The van der Waals surface area contributed by atoms with E-state index < -0.39 is 51.9 Å². The number of ether oxygens (including phenoxy) is 2. The summed E-state index contributed by atoms with van der Waals surface area (Å²) in [5, 5.41) is 3.32. The fourth-order valence-electron chi connectivity index (χ4n) is 4.87. The lowest BCUT2D eigenvalue weighted by atomic mass is 9.59. The summed E-state index contributed by atoms with van der Waals surface area (Å²) in [6, 6.07) is 9.87. The molecule has 0 aromatic heterocycles. The van der Waals surface area contributed by atoms with E-state index in [1.807, 2.05) is 42.5 Å². The van der Waals surface area contributed by atoms with E-state index in [0.29, 0.717) is 0 Å². The molecule has 1 saturated carbocycles. The second-order valence-electron chi connectivity index (χ2n) is 13.9. The zero-order chi connectivity index (χ0) is 28.8. The van der Waals surface area contributed by atoms with Gasteiger partial charge in [0.15, 0.2) is 16.6 Å². The number of carbonyl (C=O) groups excluding carboxylic acids is 1. The Morgan fingerprint density at radius 2 is 1.53 bits per heavy atom. The summed E-state index contributed by atoms with van der Waals surface area (Å²) >= 11 is 0. The average molecular weight is 562 g/mol. The van der Waals surface area contributed by atoms with E-state index in [-0.39, 0.29) is 23.1 Å². The molecule has 0 aliphatic heterocycles. The third-order valence-corrected chi connectivity index (χ3v) is 18.3. The first-order chi connectivity index (χ1) is 17.4. The maximum absolute atomic E-state index is 13.3. The van der Waals surface area contributed by atoms with E-state index in [1.165, 1.54) is 7.11 Å². The van der Waals surface area contributed by atoms with Crippen LogP contribution in [0.15, 0.2) is 47.7 Å². The van der Waals surface area contributed by atoms with Crippen LogP contribution in [0.1, 0.15) is 53.5 Å². The van der Waals surface area contributed by atoms with Gasteiger partial charge in [-0.2, -0.15) is 0 Å². The first-order valence-corrected chi connectivity index (χ1v) is 19.3. The molecule has 3 aliphatic carbocycles. The normalized spacial score (nSPS) is 29.8. The van der Waals surface area contributed by atoms with Gasteiger partial charge in [-0.1, -0.05) is 89.2 Å². The van der Waals surface area contributed by atoms with Crippen LogP contribution in [-0.4, -0.2) is 53.1 Å². The Bertz CT molecular complexity index is 1050. The van der Waals surface area contributed by atoms with Crippen molar-refractivity contribution in [2.75, 3.05) is 7.11 Å². The standard InChI is InChI=1S/C29H47NO6Si2/c1-26(2,3)37(8,9)35-23-22-17-18-28(20-29(22,30-32)25(31)33-7,34-19-21-15-13-12-14-16-21)24(23)36-38(10,11)27(4,5)6/h12-18,22-24H,19-20H2,1-11H3. The molecule has 5 atom stereocenters. The van der Waals surface area contributed by atoms with Gasteiger partial charge in [0.2, 0.25) is 5.54 Å². The Labute approximate surface area is 230 Å². The van der Waals surface area contributed by atoms with E-state index in [4.69, 9.17) is 18.3 Å². The number of esters is 1. The Balaban J connectivity index is 2.20. The van der Waals surface area contributed by atoms with Gasteiger partial charge in [-0.05, 0) is 41.8 Å². The van der Waals surface area contributed by atoms with Gasteiger partial charge in [0.05, 0.1) is 19.8 Å². The molecule has 5 unspecified atom stereocenters. The maximum Gasteiger partial charge on any atom is 0.338 e. The lowest BCUT2D eigenvalue weighted by Crippen LogP contribution is -2.73. The molecular formula is C29H47NO6Si2. The molecular weight excluding hydrogens is 514 g/mol. The van der Waals surface area contributed by atoms with Crippen molar-refractivity contribution >= 4 is 22.6 Å². The van der Waals surface area contributed by atoms with Gasteiger partial charge in [-0.3, -0.25) is 0 Å². The van der Waals surface area contributed by atoms with Crippen LogP contribution >= 0.6 is 0 Å². The molecule has 38 heavy (non-hydrogen) atoms. The lowest BCUT2D eigenvalue weighted by Gasteiger charge is -2.60. The molecule has 0 amide bonds. The van der Waals surface area contributed by atoms with Crippen molar-refractivity contribution in [3.63, 3.8) is 0 Å². The number of hydrogen-bond donors (Lipinski definition) is 0. The topological polar surface area (TPSA) is 83.4 Å². The largest absolute Gasteiger partial charge is 0.467 e. The van der Waals surface area contributed by atoms with Gasteiger partial charge < -0.3 is 18.3 Å². The second-order valence-corrected chi connectivity index (χ2v) is 23.5. The molecule has 0 radical (unpaired) electrons. The third-order valence-electron chi connectivity index (χ3n) is 9.33. The predicted molar refractivity (Wildman–Crippen MR) is 156 cm³/mol. The van der Waals surface area contributed by atoms with Crippen molar-refractivity contribution in [1.82, 2.24) is 0 Å². The van der Waals surface area contributed by atoms with Crippen LogP contribution in [0.4, 0.5) is 0 Å². The molecule has 1 aromatic carbocycles. The van der Waals surface area contributed by atoms with Crippen LogP contribution in [0.25, 0.3) is 0 Å². The van der Waals surface area contributed by atoms with E-state index >= 15 is 0 Å². The third kappa shape index (κ3) is 5.50. The highest BCUT2D eigenvalue weighted by Gasteiger charge is 2.69. The fraction of sp³-hybridized carbons (Fsp3) is 0.690. The summed E-state index contributed by atoms with van der Waals surface area (Å²) in [6.07, 6.45) is 2.79. The molecule has 3 aliphatic rings. The zero-order valence-electron chi connectivity index (χ0n) is 25.1. The van der Waals surface area contributed by atoms with Crippen molar-refractivity contribution in [1.29, 1.82) is 0 Å². The molecule has 1 fully saturated rings. The summed E-state index contributed by atoms with van der Waals surface area (Å²) in [7, 11) is -3.43. The van der Waals surface area contributed by atoms with Crippen LogP contribution < -0.4 is 0 Å². The van der Waals surface area contributed by atoms with Gasteiger partial charge >= 0.3 is 5.97 Å². The molecule has 9 heteroatoms. The first-order valence-electron chi connectivity index (χ1n) is 13.5. The van der Waals surface area contributed by atoms with Crippen LogP contribution in [0.3, 0.4) is 0 Å². The van der Waals surface area contributed by atoms with Gasteiger partial charge in [0.1, 0.15) is 11.7 Å². The number of hydrogen-bond acceptors (Lipinski definition) is 7. The molecule has 212 valence electrons. The minimum Gasteiger partial charge on any atom is -0.467 e. The Morgan fingerprint density at radius 3 is 2.03 bits per heavy atom. The molecule has 4 rings (SSSR count). The highest BCUT2D eigenvalue weighted by atomic mass is 28.4. The van der Waals surface area contributed by atoms with Crippen molar-refractivity contribution in [2.24, 2.45) is 11.1 Å². The van der Waals surface area contributed by atoms with Crippen molar-refractivity contribution in [3.05, 3.63) is 53.0 Å². The fourth-order valence-corrected chi connectivity index (χ4v) is 7.49. The van der Waals surface area contributed by atoms with E-state index in [1.54, 1.807) is 0 Å². The highest BCUT2D eigenvalue weighted by Crippen LogP contribution is 2.55. The minimum atomic E-state index is -2.38. The average Bonchev–Trinajstić information content (AvgIpc) is 2.83. The minimum absolute atomic E-state index is 0.0425. The molecule has 7 nitrogen and oxygen atoms in total. The van der Waals surface area contributed by atoms with Crippen LogP contribution in [-0.2, 0) is 29.7 Å². The monoisotopic (exact) mass is 561 g/mol. The SMILES string of the molecule is COC(=O)C1(N=O)CC2(OCc3ccccc3)C=CC1C(O[Si](C)(C)C(C)(C)C)C2O[Si](C)(C)C(C)(C)C. The second kappa shape index (κ2) is 10.4. The van der Waals surface area contributed by atoms with Crippen LogP contribution in [0.5, 0.6) is 0 Å². The maximum atomic E-state index is 13.3. The van der Waals surface area contributed by atoms with Crippen molar-refractivity contribution in [2.45, 2.75) is 114 Å². The summed E-state index contributed by atoms with van der Waals surface area (Å²) in [4.78, 5) is 25.9. The van der Waals surface area contributed by atoms with Crippen molar-refractivity contribution < 1.29 is 23.1 Å². The lowest BCUT2D eigenvalue weighted by molar-refractivity contribution is -0.200. The van der Waals surface area contributed by atoms with Crippen LogP contribution in [0, 0.1) is 10.8 Å². The van der Waals surface area contributed by atoms with Gasteiger partial charge in [0, 0.05) is 12.3 Å². The number of carbonyl (C=O) groups is 1. The Hall–Kier alpha value is -1.66. The van der Waals surface area contributed by atoms with Gasteiger partial charge in [-0.15, -0.1) is 4.91 Å². The molecule has 2 bridgehead atoms. The Kier molecular flexibility index (Phi) is 8.44. The first kappa shape index (κ1) is 30.9. The number of nitrogens with zero attached hydrogens (tertiary/aromatic N) is 1. The summed E-state index contributed by atoms with van der Waals surface area (Å²) < 4.78 is 26.1. The molecule has 0 heterocycles. The van der Waals surface area contributed by atoms with E-state index in [2.05, 4.69) is 72.9 Å². The van der Waals surface area contributed by atoms with E-state index in [0.717, 1.165) is 5.56 Å². The molecule has 0 spiro atoms. The summed E-state index contributed by atoms with van der Waals surface area (Å²) in [6.45, 7) is 22.2. The highest BCUT2D eigenvalue weighted by molar-refractivity contribution is 6.74. The summed E-state index contributed by atoms with van der Waals surface area (Å²) in [5.41, 5.74) is -1.78. The van der Waals surface area contributed by atoms with Crippen molar-refractivity contribution in [3.8, 4) is 0 Å². The van der Waals surface area contributed by atoms with E-state index in [9.17, 15) is 9.70 Å². The molecule has 1 aromatic rings. The quantitative estimate of drug-likeness (QED) is 0.140. The van der Waals surface area contributed by atoms with Gasteiger partial charge in [0.25, 0.3) is 0 Å². The molecule has 0 saturated heterocycles. The number of rotatable bonds is 9. The summed E-state index contributed by atoms with van der Waals surface area (Å²) in [5.74, 6) is -1.29. The number of fused-ring (bicyclic) bond motifs is 2. The number of methoxy groups -OCH3 is 1. The Morgan fingerprint density at radius 1 is 0.974 bits per heavy atom. The predicted octanol–water partition coefficient (Wildman–Crippen LogP) is 6.99. The number of benzene rings is 1. The smallest absolute Gasteiger partial charge is 0.338 e.